The van der Waals surface area contributed by atoms with Crippen molar-refractivity contribution in [2.24, 2.45) is 5.73 Å². The first-order valence-electron chi connectivity index (χ1n) is 8.92. The quantitative estimate of drug-likeness (QED) is 0.687. The van der Waals surface area contributed by atoms with Crippen molar-refractivity contribution in [3.63, 3.8) is 0 Å². The van der Waals surface area contributed by atoms with Crippen LogP contribution in [0.15, 0.2) is 36.4 Å². The molecule has 0 spiro atoms. The number of nitrogens with zero attached hydrogens (tertiary/aromatic N) is 2. The smallest absolute Gasteiger partial charge is 0.433 e. The largest absolute Gasteiger partial charge is 0.445 e. The summed E-state index contributed by atoms with van der Waals surface area (Å²) in [5, 5.41) is 9.48. The van der Waals surface area contributed by atoms with Crippen molar-refractivity contribution in [2.75, 3.05) is 13.1 Å². The number of likely N-dealkylation sites (tertiary alicyclic amines) is 1. The van der Waals surface area contributed by atoms with Crippen molar-refractivity contribution in [1.82, 2.24) is 9.88 Å². The van der Waals surface area contributed by atoms with E-state index in [0.29, 0.717) is 6.07 Å². The van der Waals surface area contributed by atoms with Gasteiger partial charge in [0.15, 0.2) is 0 Å². The van der Waals surface area contributed by atoms with Crippen molar-refractivity contribution in [1.29, 1.82) is 0 Å². The van der Waals surface area contributed by atoms with E-state index in [4.69, 9.17) is 10.5 Å². The summed E-state index contributed by atoms with van der Waals surface area (Å²) in [4.78, 5) is 27.8. The van der Waals surface area contributed by atoms with Crippen LogP contribution in [-0.4, -0.2) is 52.4 Å². The predicted octanol–water partition coefficient (Wildman–Crippen LogP) is 2.64. The van der Waals surface area contributed by atoms with E-state index in [9.17, 15) is 32.3 Å². The molecule has 166 valence electrons. The molecule has 1 fully saturated rings. The van der Waals surface area contributed by atoms with E-state index in [1.807, 2.05) is 0 Å². The number of hydrogen-bond donors (Lipinski definition) is 2. The summed E-state index contributed by atoms with van der Waals surface area (Å²) in [6.45, 7) is -0.982. The Morgan fingerprint density at radius 3 is 2.58 bits per heavy atom. The highest BCUT2D eigenvalue weighted by molar-refractivity contribution is 5.94. The maximum absolute atomic E-state index is 13.5. The number of halogens is 4. The number of β-amino-alcohol motifs (C(OH)–C–C–N with tert-alkyl or cyclic N) is 1. The molecule has 2 aromatic rings. The molecule has 3 N–H and O–H groups in total. The number of amides is 2. The molecule has 8 nitrogen and oxygen atoms in total. The van der Waals surface area contributed by atoms with E-state index in [1.165, 1.54) is 24.3 Å². The lowest BCUT2D eigenvalue weighted by molar-refractivity contribution is -0.141. The van der Waals surface area contributed by atoms with Crippen molar-refractivity contribution >= 4 is 12.0 Å². The molecule has 2 atom stereocenters. The van der Waals surface area contributed by atoms with E-state index >= 15 is 0 Å². The number of aliphatic hydroxyl groups is 1. The normalized spacial score (nSPS) is 18.7. The summed E-state index contributed by atoms with van der Waals surface area (Å²) >= 11 is 0. The molecular weight excluding hydrogens is 426 g/mol. The first-order valence-corrected chi connectivity index (χ1v) is 8.92. The summed E-state index contributed by atoms with van der Waals surface area (Å²) in [7, 11) is 0. The fourth-order valence-electron chi connectivity index (χ4n) is 2.90. The van der Waals surface area contributed by atoms with Crippen LogP contribution in [-0.2, 0) is 17.5 Å². The summed E-state index contributed by atoms with van der Waals surface area (Å²) in [6, 6.07) is 7.28. The van der Waals surface area contributed by atoms with Gasteiger partial charge >= 0.3 is 12.3 Å². The molecule has 1 saturated heterocycles. The van der Waals surface area contributed by atoms with Crippen molar-refractivity contribution < 1.29 is 41.7 Å². The van der Waals surface area contributed by atoms with Crippen LogP contribution in [0, 0.1) is 0 Å². The molecule has 0 saturated carbocycles. The highest BCUT2D eigenvalue weighted by Crippen LogP contribution is 2.32. The van der Waals surface area contributed by atoms with Crippen LogP contribution in [0.1, 0.15) is 21.6 Å². The lowest BCUT2D eigenvalue weighted by Gasteiger charge is -2.16. The number of primary amides is 1. The Kier molecular flexibility index (Phi) is 6.29. The number of rotatable bonds is 5. The van der Waals surface area contributed by atoms with E-state index in [1.54, 1.807) is 0 Å². The average Bonchev–Trinajstić information content (AvgIpc) is 3.03. The first kappa shape index (κ1) is 22.3. The molecule has 0 aliphatic carbocycles. The highest BCUT2D eigenvalue weighted by atomic mass is 19.4. The SMILES string of the molecule is NC(=O)OCc1cc(Oc2cccc(C(=O)N3C[C@@H](O)[C@H](F)C3)c2)nc(C(F)(F)F)c1. The number of benzene rings is 1. The molecule has 31 heavy (non-hydrogen) atoms. The third kappa shape index (κ3) is 5.60. The third-order valence-corrected chi connectivity index (χ3v) is 4.34. The molecule has 0 radical (unpaired) electrons. The molecule has 1 aliphatic rings. The minimum Gasteiger partial charge on any atom is -0.445 e. The summed E-state index contributed by atoms with van der Waals surface area (Å²) in [5.74, 6) is -1.03. The van der Waals surface area contributed by atoms with Crippen LogP contribution in [0.3, 0.4) is 0 Å². The Morgan fingerprint density at radius 2 is 1.97 bits per heavy atom. The van der Waals surface area contributed by atoms with Crippen LogP contribution in [0.25, 0.3) is 0 Å². The Morgan fingerprint density at radius 1 is 1.23 bits per heavy atom. The third-order valence-electron chi connectivity index (χ3n) is 4.34. The van der Waals surface area contributed by atoms with Crippen LogP contribution < -0.4 is 10.5 Å². The number of aliphatic hydroxyl groups excluding tert-OH is 1. The van der Waals surface area contributed by atoms with Crippen molar-refractivity contribution in [2.45, 2.75) is 25.1 Å². The highest BCUT2D eigenvalue weighted by Gasteiger charge is 2.35. The van der Waals surface area contributed by atoms with Gasteiger partial charge in [-0.1, -0.05) is 6.07 Å². The van der Waals surface area contributed by atoms with Gasteiger partial charge in [-0.05, 0) is 29.8 Å². The van der Waals surface area contributed by atoms with Crippen LogP contribution in [0.4, 0.5) is 22.4 Å². The molecule has 1 aromatic heterocycles. The van der Waals surface area contributed by atoms with Gasteiger partial charge in [0.25, 0.3) is 5.91 Å². The number of carbonyl (C=O) groups excluding carboxylic acids is 2. The minimum absolute atomic E-state index is 0.00371. The molecule has 0 bridgehead atoms. The number of aromatic nitrogens is 1. The van der Waals surface area contributed by atoms with Crippen molar-refractivity contribution in [3.8, 4) is 11.6 Å². The van der Waals surface area contributed by atoms with Gasteiger partial charge in [-0.15, -0.1) is 0 Å². The maximum Gasteiger partial charge on any atom is 0.433 e. The Labute approximate surface area is 173 Å². The number of alkyl halides is 4. The average molecular weight is 443 g/mol. The number of pyridine rings is 1. The maximum atomic E-state index is 13.5. The van der Waals surface area contributed by atoms with E-state index in [0.717, 1.165) is 11.0 Å². The van der Waals surface area contributed by atoms with E-state index in [-0.39, 0.29) is 30.0 Å². The zero-order valence-electron chi connectivity index (χ0n) is 15.8. The Hall–Kier alpha value is -3.41. The predicted molar refractivity (Wildman–Crippen MR) is 96.9 cm³/mol. The first-order chi connectivity index (χ1) is 14.5. The lowest BCUT2D eigenvalue weighted by atomic mass is 10.2. The second kappa shape index (κ2) is 8.76. The second-order valence-electron chi connectivity index (χ2n) is 6.73. The molecule has 1 aromatic carbocycles. The zero-order valence-corrected chi connectivity index (χ0v) is 15.8. The Bertz CT molecular complexity index is 975. The van der Waals surface area contributed by atoms with Gasteiger partial charge in [0, 0.05) is 18.2 Å². The van der Waals surface area contributed by atoms with Crippen LogP contribution in [0.5, 0.6) is 11.6 Å². The molecular formula is C19H17F4N3O5. The monoisotopic (exact) mass is 443 g/mol. The molecule has 2 amide bonds. The van der Waals surface area contributed by atoms with Gasteiger partial charge in [0.2, 0.25) is 5.88 Å². The van der Waals surface area contributed by atoms with Gasteiger partial charge < -0.3 is 25.2 Å². The minimum atomic E-state index is -4.79. The topological polar surface area (TPSA) is 115 Å². The summed E-state index contributed by atoms with van der Waals surface area (Å²) in [5.41, 5.74) is 3.58. The number of hydrogen-bond acceptors (Lipinski definition) is 6. The van der Waals surface area contributed by atoms with Gasteiger partial charge in [0.05, 0.1) is 6.54 Å². The molecule has 2 heterocycles. The Balaban J connectivity index is 1.83. The van der Waals surface area contributed by atoms with Crippen LogP contribution >= 0.6 is 0 Å². The molecule has 12 heteroatoms. The molecule has 3 rings (SSSR count). The van der Waals surface area contributed by atoms with Gasteiger partial charge in [-0.3, -0.25) is 4.79 Å². The van der Waals surface area contributed by atoms with Crippen LogP contribution in [0.2, 0.25) is 0 Å². The second-order valence-corrected chi connectivity index (χ2v) is 6.73. The number of nitrogens with two attached hydrogens (primary N) is 1. The van der Waals surface area contributed by atoms with Crippen molar-refractivity contribution in [3.05, 3.63) is 53.2 Å². The molecule has 1 aliphatic heterocycles. The standard InChI is InChI=1S/C19H17F4N3O5/c20-13-7-26(8-14(13)27)17(28)11-2-1-3-12(6-11)31-16-5-10(9-30-18(24)29)4-15(25-16)19(21,22)23/h1-6,13-14,27H,7-9H2,(H2,24,29)/t13-,14-/m1/s1. The van der Waals surface area contributed by atoms with Gasteiger partial charge in [-0.25, -0.2) is 14.2 Å². The van der Waals surface area contributed by atoms with Gasteiger partial charge in [-0.2, -0.15) is 13.2 Å². The fraction of sp³-hybridized carbons (Fsp3) is 0.316. The van der Waals surface area contributed by atoms with E-state index in [2.05, 4.69) is 9.72 Å². The summed E-state index contributed by atoms with van der Waals surface area (Å²) < 4.78 is 62.8. The number of carbonyl (C=O) groups is 2. The van der Waals surface area contributed by atoms with Gasteiger partial charge in [0.1, 0.15) is 30.3 Å². The fourth-order valence-corrected chi connectivity index (χ4v) is 2.90. The zero-order chi connectivity index (χ0) is 22.8. The molecule has 0 unspecified atom stereocenters. The van der Waals surface area contributed by atoms with E-state index < -0.39 is 48.6 Å². The summed E-state index contributed by atoms with van der Waals surface area (Å²) in [6.07, 6.45) is -8.79. The number of ether oxygens (including phenoxy) is 2. The lowest BCUT2D eigenvalue weighted by Crippen LogP contribution is -2.29.